The maximum Gasteiger partial charge on any atom is 0.253 e. The van der Waals surface area contributed by atoms with Gasteiger partial charge in [0, 0.05) is 49.0 Å². The molecule has 2 aliphatic rings. The first-order valence-corrected chi connectivity index (χ1v) is 9.51. The van der Waals surface area contributed by atoms with Gasteiger partial charge in [-0.2, -0.15) is 0 Å². The van der Waals surface area contributed by atoms with E-state index < -0.39 is 0 Å². The van der Waals surface area contributed by atoms with E-state index in [9.17, 15) is 4.79 Å². The molecule has 4 nitrogen and oxygen atoms in total. The van der Waals surface area contributed by atoms with Crippen molar-refractivity contribution in [3.8, 4) is 10.6 Å². The lowest BCUT2D eigenvalue weighted by Crippen LogP contribution is -2.48. The Hall–Kier alpha value is -1.72. The number of nitrogens with zero attached hydrogens (tertiary/aromatic N) is 2. The maximum absolute atomic E-state index is 12.9. The molecule has 0 radical (unpaired) electrons. The fourth-order valence-corrected chi connectivity index (χ4v) is 4.54. The summed E-state index contributed by atoms with van der Waals surface area (Å²) in [6, 6.07) is 7.87. The van der Waals surface area contributed by atoms with Gasteiger partial charge in [0.25, 0.3) is 5.91 Å². The molecule has 5 heteroatoms. The first-order chi connectivity index (χ1) is 11.8. The molecule has 0 aliphatic carbocycles. The monoisotopic (exact) mass is 342 g/mol. The van der Waals surface area contributed by atoms with Gasteiger partial charge >= 0.3 is 0 Å². The van der Waals surface area contributed by atoms with E-state index in [0.717, 1.165) is 61.7 Å². The van der Waals surface area contributed by atoms with Crippen LogP contribution in [0.25, 0.3) is 10.6 Å². The summed E-state index contributed by atoms with van der Waals surface area (Å²) in [5, 5.41) is 2.96. The third-order valence-electron chi connectivity index (χ3n) is 5.31. The number of piperidine rings is 1. The van der Waals surface area contributed by atoms with Crippen molar-refractivity contribution in [1.82, 2.24) is 9.88 Å². The molecule has 3 heterocycles. The summed E-state index contributed by atoms with van der Waals surface area (Å²) in [5.41, 5.74) is 2.13. The first kappa shape index (κ1) is 15.8. The second-order valence-corrected chi connectivity index (χ2v) is 7.75. The van der Waals surface area contributed by atoms with Gasteiger partial charge < -0.3 is 9.64 Å². The van der Waals surface area contributed by atoms with Crippen LogP contribution in [-0.2, 0) is 4.74 Å². The number of likely N-dealkylation sites (tertiary alicyclic amines) is 1. The summed E-state index contributed by atoms with van der Waals surface area (Å²) in [7, 11) is 0. The van der Waals surface area contributed by atoms with Crippen molar-refractivity contribution in [2.24, 2.45) is 5.41 Å². The van der Waals surface area contributed by atoms with Crippen molar-refractivity contribution in [3.63, 3.8) is 0 Å². The molecular formula is C19H22N2O2S. The zero-order chi connectivity index (χ0) is 16.4. The van der Waals surface area contributed by atoms with Gasteiger partial charge in [-0.3, -0.25) is 4.79 Å². The Balaban J connectivity index is 1.48. The number of benzene rings is 1. The van der Waals surface area contributed by atoms with Crippen molar-refractivity contribution in [3.05, 3.63) is 41.4 Å². The van der Waals surface area contributed by atoms with Gasteiger partial charge in [-0.05, 0) is 43.2 Å². The number of carbonyl (C=O) groups excluding carboxylic acids is 1. The zero-order valence-corrected chi connectivity index (χ0v) is 14.6. The minimum absolute atomic E-state index is 0.159. The fraction of sp³-hybridized carbons (Fsp3) is 0.474. The maximum atomic E-state index is 12.9. The molecular weight excluding hydrogens is 320 g/mol. The molecule has 126 valence electrons. The zero-order valence-electron chi connectivity index (χ0n) is 13.7. The number of carbonyl (C=O) groups is 1. The summed E-state index contributed by atoms with van der Waals surface area (Å²) < 4.78 is 5.52. The van der Waals surface area contributed by atoms with E-state index in [-0.39, 0.29) is 11.3 Å². The summed E-state index contributed by atoms with van der Waals surface area (Å²) in [6.45, 7) is 3.42. The summed E-state index contributed by atoms with van der Waals surface area (Å²) in [6.07, 6.45) is 6.30. The summed E-state index contributed by atoms with van der Waals surface area (Å²) in [5.74, 6) is 0.159. The van der Waals surface area contributed by atoms with Gasteiger partial charge in [0.1, 0.15) is 5.01 Å². The Morgan fingerprint density at radius 1 is 1.17 bits per heavy atom. The van der Waals surface area contributed by atoms with Crippen LogP contribution in [0.3, 0.4) is 0 Å². The quantitative estimate of drug-likeness (QED) is 0.833. The Morgan fingerprint density at radius 2 is 1.96 bits per heavy atom. The van der Waals surface area contributed by atoms with E-state index in [2.05, 4.69) is 4.98 Å². The van der Waals surface area contributed by atoms with Gasteiger partial charge in [-0.25, -0.2) is 4.98 Å². The van der Waals surface area contributed by atoms with E-state index in [1.54, 1.807) is 17.5 Å². The molecule has 0 bridgehead atoms. The van der Waals surface area contributed by atoms with Gasteiger partial charge in [0.2, 0.25) is 0 Å². The molecule has 0 N–H and O–H groups in total. The molecule has 0 unspecified atom stereocenters. The standard InChI is InChI=1S/C19H22N2O2S/c22-18(16-4-2-15(3-5-16)17-20-9-13-24-17)21-10-1-6-19(14-21)7-11-23-12-8-19/h2-5,9,13H,1,6-8,10-12,14H2. The largest absolute Gasteiger partial charge is 0.381 e. The van der Waals surface area contributed by atoms with Crippen LogP contribution in [0.2, 0.25) is 0 Å². The average molecular weight is 342 g/mol. The van der Waals surface area contributed by atoms with Crippen LogP contribution in [0.4, 0.5) is 0 Å². The number of thiazole rings is 1. The Labute approximate surface area is 146 Å². The topological polar surface area (TPSA) is 42.4 Å². The van der Waals surface area contributed by atoms with E-state index >= 15 is 0 Å². The van der Waals surface area contributed by atoms with E-state index in [1.165, 1.54) is 6.42 Å². The van der Waals surface area contributed by atoms with Crippen LogP contribution in [-0.4, -0.2) is 42.1 Å². The predicted octanol–water partition coefficient (Wildman–Crippen LogP) is 3.84. The molecule has 1 aromatic carbocycles. The lowest BCUT2D eigenvalue weighted by atomic mass is 9.74. The van der Waals surface area contributed by atoms with E-state index in [4.69, 9.17) is 4.74 Å². The number of amides is 1. The van der Waals surface area contributed by atoms with Gasteiger partial charge in [0.15, 0.2) is 0 Å². The van der Waals surface area contributed by atoms with Crippen molar-refractivity contribution in [1.29, 1.82) is 0 Å². The second-order valence-electron chi connectivity index (χ2n) is 6.86. The van der Waals surface area contributed by atoms with Crippen LogP contribution in [0.15, 0.2) is 35.8 Å². The highest BCUT2D eigenvalue weighted by molar-refractivity contribution is 7.13. The number of ether oxygens (including phenoxy) is 1. The molecule has 1 amide bonds. The van der Waals surface area contributed by atoms with Crippen molar-refractivity contribution in [2.45, 2.75) is 25.7 Å². The number of rotatable bonds is 2. The highest BCUT2D eigenvalue weighted by Crippen LogP contribution is 2.39. The Morgan fingerprint density at radius 3 is 2.67 bits per heavy atom. The molecule has 1 spiro atoms. The average Bonchev–Trinajstić information content (AvgIpc) is 3.17. The van der Waals surface area contributed by atoms with Crippen LogP contribution in [0.1, 0.15) is 36.0 Å². The van der Waals surface area contributed by atoms with E-state index in [0.29, 0.717) is 0 Å². The number of hydrogen-bond acceptors (Lipinski definition) is 4. The van der Waals surface area contributed by atoms with Crippen molar-refractivity contribution < 1.29 is 9.53 Å². The highest BCUT2D eigenvalue weighted by atomic mass is 32.1. The minimum atomic E-state index is 0.159. The molecule has 0 atom stereocenters. The molecule has 2 aliphatic heterocycles. The predicted molar refractivity (Wildman–Crippen MR) is 95.2 cm³/mol. The van der Waals surface area contributed by atoms with Crippen molar-refractivity contribution >= 4 is 17.2 Å². The third-order valence-corrected chi connectivity index (χ3v) is 6.14. The number of hydrogen-bond donors (Lipinski definition) is 0. The smallest absolute Gasteiger partial charge is 0.253 e. The molecule has 0 saturated carbocycles. The summed E-state index contributed by atoms with van der Waals surface area (Å²) >= 11 is 1.61. The number of aromatic nitrogens is 1. The second kappa shape index (κ2) is 6.65. The fourth-order valence-electron chi connectivity index (χ4n) is 3.90. The normalized spacial score (nSPS) is 20.2. The lowest BCUT2D eigenvalue weighted by Gasteiger charge is -2.45. The van der Waals surface area contributed by atoms with Crippen LogP contribution >= 0.6 is 11.3 Å². The molecule has 4 rings (SSSR count). The highest BCUT2D eigenvalue weighted by Gasteiger charge is 2.38. The van der Waals surface area contributed by atoms with Crippen LogP contribution < -0.4 is 0 Å². The lowest BCUT2D eigenvalue weighted by molar-refractivity contribution is -0.0229. The van der Waals surface area contributed by atoms with E-state index in [1.807, 2.05) is 34.5 Å². The third kappa shape index (κ3) is 3.10. The van der Waals surface area contributed by atoms with Gasteiger partial charge in [0.05, 0.1) is 0 Å². The summed E-state index contributed by atoms with van der Waals surface area (Å²) in [4.78, 5) is 19.3. The van der Waals surface area contributed by atoms with Crippen LogP contribution in [0.5, 0.6) is 0 Å². The minimum Gasteiger partial charge on any atom is -0.381 e. The Bertz CT molecular complexity index is 685. The van der Waals surface area contributed by atoms with Gasteiger partial charge in [-0.15, -0.1) is 11.3 Å². The van der Waals surface area contributed by atoms with Crippen molar-refractivity contribution in [2.75, 3.05) is 26.3 Å². The molecule has 24 heavy (non-hydrogen) atoms. The first-order valence-electron chi connectivity index (χ1n) is 8.63. The Kier molecular flexibility index (Phi) is 4.37. The van der Waals surface area contributed by atoms with Crippen LogP contribution in [0, 0.1) is 5.41 Å². The van der Waals surface area contributed by atoms with Gasteiger partial charge in [-0.1, -0.05) is 12.1 Å². The molecule has 1 aromatic heterocycles. The molecule has 2 aromatic rings. The molecule has 2 fully saturated rings. The SMILES string of the molecule is O=C(c1ccc(-c2nccs2)cc1)N1CCCC2(CCOCC2)C1. The molecule has 2 saturated heterocycles.